The predicted octanol–water partition coefficient (Wildman–Crippen LogP) is 6.72. The summed E-state index contributed by atoms with van der Waals surface area (Å²) in [5.41, 5.74) is 4.04. The number of nitrogens with zero attached hydrogens (tertiary/aromatic N) is 1. The molecule has 11 heteroatoms. The van der Waals surface area contributed by atoms with E-state index in [1.165, 1.54) is 22.3 Å². The van der Waals surface area contributed by atoms with Gasteiger partial charge in [-0.25, -0.2) is 9.59 Å². The van der Waals surface area contributed by atoms with Crippen LogP contribution in [0.2, 0.25) is 0 Å². The van der Waals surface area contributed by atoms with E-state index in [4.69, 9.17) is 33.2 Å². The molecule has 3 aliphatic heterocycles. The van der Waals surface area contributed by atoms with E-state index in [-0.39, 0.29) is 37.8 Å². The van der Waals surface area contributed by atoms with Crippen LogP contribution in [-0.2, 0) is 33.2 Å². The minimum atomic E-state index is -1.26. The number of benzene rings is 2. The molecule has 0 spiro atoms. The van der Waals surface area contributed by atoms with Crippen LogP contribution in [0.3, 0.4) is 0 Å². The first kappa shape index (κ1) is 35.6. The summed E-state index contributed by atoms with van der Waals surface area (Å²) in [6, 6.07) is 16.4. The molecule has 0 bridgehead atoms. The van der Waals surface area contributed by atoms with Gasteiger partial charge in [0.05, 0.1) is 13.2 Å². The average Bonchev–Trinajstić information content (AvgIpc) is 3.61. The average molecular weight is 681 g/mol. The number of hydrogen-bond donors (Lipinski definition) is 1. The second-order valence-electron chi connectivity index (χ2n) is 15.6. The van der Waals surface area contributed by atoms with Gasteiger partial charge in [-0.05, 0) is 96.9 Å². The van der Waals surface area contributed by atoms with Gasteiger partial charge >= 0.3 is 12.2 Å². The summed E-state index contributed by atoms with van der Waals surface area (Å²) >= 11 is 0. The van der Waals surface area contributed by atoms with Gasteiger partial charge in [-0.1, -0.05) is 48.5 Å². The summed E-state index contributed by atoms with van der Waals surface area (Å²) in [4.78, 5) is 28.0. The highest BCUT2D eigenvalue weighted by atomic mass is 16.9. The molecule has 3 fully saturated rings. The molecule has 3 heterocycles. The fourth-order valence-corrected chi connectivity index (χ4v) is 7.46. The molecule has 2 aromatic rings. The molecule has 5 atom stereocenters. The summed E-state index contributed by atoms with van der Waals surface area (Å²) in [5, 5.41) is 2.98. The smallest absolute Gasteiger partial charge is 0.410 e. The molecule has 3 saturated heterocycles. The molecule has 1 N–H and O–H groups in total. The minimum absolute atomic E-state index is 0.00413. The maximum absolute atomic E-state index is 13.5. The Labute approximate surface area is 289 Å². The Morgan fingerprint density at radius 1 is 0.939 bits per heavy atom. The van der Waals surface area contributed by atoms with Crippen molar-refractivity contribution in [2.75, 3.05) is 26.3 Å². The molecule has 6 rings (SSSR count). The molecule has 268 valence electrons. The number of amides is 2. The Kier molecular flexibility index (Phi) is 9.80. The number of nitrogens with one attached hydrogen (secondary N) is 1. The Bertz CT molecular complexity index is 1480. The van der Waals surface area contributed by atoms with Gasteiger partial charge in [0.2, 0.25) is 5.79 Å². The number of fused-ring (bicyclic) bond motifs is 6. The van der Waals surface area contributed by atoms with E-state index in [2.05, 4.69) is 29.6 Å². The van der Waals surface area contributed by atoms with Gasteiger partial charge < -0.3 is 43.4 Å². The van der Waals surface area contributed by atoms with Gasteiger partial charge in [-0.15, -0.1) is 0 Å². The maximum atomic E-state index is 13.5. The molecule has 11 nitrogen and oxygen atoms in total. The van der Waals surface area contributed by atoms with Crippen LogP contribution in [0.1, 0.15) is 91.7 Å². The standard InChI is InChI=1S/C38H52N2O9/c1-24(39-33(41)43-21-29-27-18-11-9-16-25(27)26-17-10-12-19-28(26)29)15-13-14-20-40(34(42)48-35(2,3)4)23-38-32(47-37(7,8)49-38)31-30(22-44-38)45-36(5,6)46-31/h9-12,16-19,24,29-32H,13-15,20-23H2,1-8H3,(H,39,41)/t24-,30?,31?,32?,38?/m1/s1. The van der Waals surface area contributed by atoms with Crippen molar-refractivity contribution < 1.29 is 42.7 Å². The highest BCUT2D eigenvalue weighted by molar-refractivity contribution is 5.79. The van der Waals surface area contributed by atoms with Crippen LogP contribution in [0.15, 0.2) is 48.5 Å². The lowest BCUT2D eigenvalue weighted by molar-refractivity contribution is -0.285. The molecule has 4 unspecified atom stereocenters. The Hall–Kier alpha value is -3.22. The molecule has 0 aromatic heterocycles. The van der Waals surface area contributed by atoms with Crippen molar-refractivity contribution in [2.45, 2.75) is 128 Å². The van der Waals surface area contributed by atoms with E-state index >= 15 is 0 Å². The fraction of sp³-hybridized carbons (Fsp3) is 0.632. The summed E-state index contributed by atoms with van der Waals surface area (Å²) in [6.45, 7) is 15.9. The van der Waals surface area contributed by atoms with E-state index in [9.17, 15) is 9.59 Å². The van der Waals surface area contributed by atoms with Crippen molar-refractivity contribution in [1.82, 2.24) is 10.2 Å². The van der Waals surface area contributed by atoms with Gasteiger partial charge in [0.15, 0.2) is 11.6 Å². The highest BCUT2D eigenvalue weighted by Crippen LogP contribution is 2.48. The SMILES string of the molecule is C[C@H](CCCCN(CC12OCC3OC(C)(C)OC3C1OC(C)(C)O2)C(=O)OC(C)(C)C)NC(=O)OCC1c2ccccc2-c2ccccc21. The van der Waals surface area contributed by atoms with Crippen LogP contribution < -0.4 is 5.32 Å². The van der Waals surface area contributed by atoms with Crippen LogP contribution >= 0.6 is 0 Å². The zero-order valence-electron chi connectivity index (χ0n) is 30.1. The van der Waals surface area contributed by atoms with Gasteiger partial charge in [0.25, 0.3) is 0 Å². The van der Waals surface area contributed by atoms with Crippen LogP contribution in [-0.4, -0.2) is 90.7 Å². The zero-order valence-corrected chi connectivity index (χ0v) is 30.1. The van der Waals surface area contributed by atoms with E-state index < -0.39 is 47.4 Å². The summed E-state index contributed by atoms with van der Waals surface area (Å²) in [5.74, 6) is -3.01. The molecule has 2 aromatic carbocycles. The maximum Gasteiger partial charge on any atom is 0.410 e. The van der Waals surface area contributed by atoms with Crippen LogP contribution in [0.25, 0.3) is 11.1 Å². The van der Waals surface area contributed by atoms with Gasteiger partial charge in [-0.2, -0.15) is 0 Å². The second kappa shape index (κ2) is 13.5. The fourth-order valence-electron chi connectivity index (χ4n) is 7.46. The van der Waals surface area contributed by atoms with Crippen LogP contribution in [0.5, 0.6) is 0 Å². The molecule has 0 radical (unpaired) electrons. The third-order valence-electron chi connectivity index (χ3n) is 9.36. The summed E-state index contributed by atoms with van der Waals surface area (Å²) < 4.78 is 43.0. The number of carbonyl (C=O) groups excluding carboxylic acids is 2. The quantitative estimate of drug-likeness (QED) is 0.273. The number of unbranched alkanes of at least 4 members (excludes halogenated alkanes) is 1. The predicted molar refractivity (Wildman–Crippen MR) is 182 cm³/mol. The second-order valence-corrected chi connectivity index (χ2v) is 15.6. The largest absolute Gasteiger partial charge is 0.449 e. The first-order valence-corrected chi connectivity index (χ1v) is 17.5. The summed E-state index contributed by atoms with van der Waals surface area (Å²) in [7, 11) is 0. The van der Waals surface area contributed by atoms with Crippen molar-refractivity contribution >= 4 is 12.2 Å². The van der Waals surface area contributed by atoms with Crippen LogP contribution in [0.4, 0.5) is 9.59 Å². The normalized spacial score (nSPS) is 27.0. The van der Waals surface area contributed by atoms with Gasteiger partial charge in [-0.3, -0.25) is 0 Å². The van der Waals surface area contributed by atoms with Crippen molar-refractivity contribution in [3.05, 3.63) is 59.7 Å². The third-order valence-corrected chi connectivity index (χ3v) is 9.36. The molecule has 4 aliphatic rings. The third kappa shape index (κ3) is 7.91. The van der Waals surface area contributed by atoms with Crippen molar-refractivity contribution in [3.8, 4) is 11.1 Å². The topological polar surface area (TPSA) is 114 Å². The molecule has 1 aliphatic carbocycles. The van der Waals surface area contributed by atoms with Gasteiger partial charge in [0.1, 0.15) is 30.5 Å². The van der Waals surface area contributed by atoms with Crippen molar-refractivity contribution in [3.63, 3.8) is 0 Å². The minimum Gasteiger partial charge on any atom is -0.449 e. The van der Waals surface area contributed by atoms with E-state index in [1.807, 2.05) is 79.7 Å². The molecular weight excluding hydrogens is 628 g/mol. The molecule has 0 saturated carbocycles. The molecule has 2 amide bonds. The highest BCUT2D eigenvalue weighted by Gasteiger charge is 2.66. The van der Waals surface area contributed by atoms with Crippen molar-refractivity contribution in [2.24, 2.45) is 0 Å². The lowest BCUT2D eigenvalue weighted by atomic mass is 9.96. The summed E-state index contributed by atoms with van der Waals surface area (Å²) in [6.07, 6.45) is -0.137. The monoisotopic (exact) mass is 680 g/mol. The number of carbonyl (C=O) groups is 2. The number of ether oxygens (including phenoxy) is 7. The molecular formula is C38H52N2O9. The van der Waals surface area contributed by atoms with Gasteiger partial charge in [0, 0.05) is 18.5 Å². The Morgan fingerprint density at radius 2 is 1.59 bits per heavy atom. The van der Waals surface area contributed by atoms with E-state index in [0.29, 0.717) is 19.4 Å². The number of rotatable bonds is 10. The Balaban J connectivity index is 1.03. The first-order valence-electron chi connectivity index (χ1n) is 17.5. The molecule has 49 heavy (non-hydrogen) atoms. The number of alkyl carbamates (subject to hydrolysis) is 1. The lowest BCUT2D eigenvalue weighted by Crippen LogP contribution is -2.63. The first-order chi connectivity index (χ1) is 23.0. The number of hydrogen-bond acceptors (Lipinski definition) is 9. The van der Waals surface area contributed by atoms with Crippen molar-refractivity contribution in [1.29, 1.82) is 0 Å². The lowest BCUT2D eigenvalue weighted by Gasteiger charge is -2.43. The zero-order chi connectivity index (χ0) is 35.2. The van der Waals surface area contributed by atoms with Crippen LogP contribution in [0, 0.1) is 0 Å². The van der Waals surface area contributed by atoms with E-state index in [1.54, 1.807) is 4.90 Å². The Morgan fingerprint density at radius 3 is 2.24 bits per heavy atom. The van der Waals surface area contributed by atoms with E-state index in [0.717, 1.165) is 6.42 Å².